The third kappa shape index (κ3) is 4.67. The fraction of sp³-hybridized carbons (Fsp3) is 0.333. The first-order chi connectivity index (χ1) is 15.6. The molecule has 2 aromatic rings. The summed E-state index contributed by atoms with van der Waals surface area (Å²) in [6.07, 6.45) is 0. The second-order valence-electron chi connectivity index (χ2n) is 9.24. The van der Waals surface area contributed by atoms with E-state index >= 15 is 0 Å². The fourth-order valence-electron chi connectivity index (χ4n) is 3.79. The predicted molar refractivity (Wildman–Crippen MR) is 132 cm³/mol. The van der Waals surface area contributed by atoms with Crippen molar-refractivity contribution in [1.82, 2.24) is 14.9 Å². The van der Waals surface area contributed by atoms with Crippen molar-refractivity contribution in [2.75, 3.05) is 30.4 Å². The number of para-hydroxylation sites is 2. The van der Waals surface area contributed by atoms with Crippen molar-refractivity contribution in [1.29, 1.82) is 0 Å². The first-order valence-corrected chi connectivity index (χ1v) is 11.4. The molecule has 0 fully saturated rings. The summed E-state index contributed by atoms with van der Waals surface area (Å²) in [5.74, 6) is 0.642. The second-order valence-corrected chi connectivity index (χ2v) is 10.0. The lowest BCUT2D eigenvalue weighted by atomic mass is 9.95. The van der Waals surface area contributed by atoms with E-state index in [-0.39, 0.29) is 11.8 Å². The summed E-state index contributed by atoms with van der Waals surface area (Å²) >= 11 is 12.8. The lowest BCUT2D eigenvalue weighted by Crippen LogP contribution is -2.34. The lowest BCUT2D eigenvalue weighted by molar-refractivity contribution is -0.128. The molecule has 2 aromatic carbocycles. The molecule has 2 N–H and O–H groups in total. The molecule has 0 atom stereocenters. The van der Waals surface area contributed by atoms with Gasteiger partial charge in [-0.15, -0.1) is 4.53 Å². The Labute approximate surface area is 204 Å². The van der Waals surface area contributed by atoms with Gasteiger partial charge in [-0.2, -0.15) is 0 Å². The minimum absolute atomic E-state index is 0.0636. The summed E-state index contributed by atoms with van der Waals surface area (Å²) in [5.41, 5.74) is 3.34. The van der Waals surface area contributed by atoms with Gasteiger partial charge < -0.3 is 15.5 Å². The largest absolute Gasteiger partial charge is 0.352 e. The Kier molecular flexibility index (Phi) is 6.31. The molecule has 0 spiro atoms. The number of carbonyl (C=O) groups excluding carboxylic acids is 2. The number of hydrogen-bond donors (Lipinski definition) is 2. The second kappa shape index (κ2) is 8.89. The lowest BCUT2D eigenvalue weighted by Gasteiger charge is -2.26. The molecule has 9 heteroatoms. The Bertz CT molecular complexity index is 1140. The number of amides is 2. The van der Waals surface area contributed by atoms with Crippen molar-refractivity contribution in [2.24, 2.45) is 5.41 Å². The molecule has 7 nitrogen and oxygen atoms in total. The van der Waals surface area contributed by atoms with Gasteiger partial charge in [-0.25, -0.2) is 0 Å². The summed E-state index contributed by atoms with van der Waals surface area (Å²) in [5, 5.41) is 8.58. The number of halogens is 2. The number of benzene rings is 2. The maximum atomic E-state index is 13.6. The quantitative estimate of drug-likeness (QED) is 0.619. The van der Waals surface area contributed by atoms with E-state index in [0.29, 0.717) is 30.2 Å². The van der Waals surface area contributed by atoms with Gasteiger partial charge in [0.15, 0.2) is 0 Å². The molecule has 0 saturated heterocycles. The van der Waals surface area contributed by atoms with Crippen LogP contribution in [-0.2, 0) is 11.3 Å². The van der Waals surface area contributed by atoms with E-state index in [9.17, 15) is 9.59 Å². The van der Waals surface area contributed by atoms with Crippen LogP contribution in [0.15, 0.2) is 53.9 Å². The molecule has 0 aromatic heterocycles. The van der Waals surface area contributed by atoms with E-state index in [1.807, 2.05) is 57.1 Å². The van der Waals surface area contributed by atoms with Gasteiger partial charge in [0.2, 0.25) is 5.91 Å². The molecule has 2 heterocycles. The van der Waals surface area contributed by atoms with Gasteiger partial charge in [0.1, 0.15) is 5.82 Å². The van der Waals surface area contributed by atoms with Crippen molar-refractivity contribution in [3.05, 3.63) is 70.0 Å². The zero-order valence-corrected chi connectivity index (χ0v) is 20.6. The average Bonchev–Trinajstić information content (AvgIpc) is 2.93. The Morgan fingerprint density at radius 3 is 2.55 bits per heavy atom. The highest BCUT2D eigenvalue weighted by molar-refractivity contribution is 6.32. The van der Waals surface area contributed by atoms with E-state index < -0.39 is 5.41 Å². The standard InChI is InChI=1S/C24H27Cl2N5O2/c1-24(2,3)23(33)27-12-16-10-9-15(11-18(16)25)22(32)30-13-17-14-31(26)29(4)21(17)28-19-7-5-6-8-20(19)30/h5-11,28H,12-14H2,1-4H3,(H,27,33). The molecular weight excluding hydrogens is 461 g/mol. The minimum atomic E-state index is -0.489. The first kappa shape index (κ1) is 23.4. The number of hydrogen-bond acceptors (Lipinski definition) is 5. The Hall–Kier alpha value is -2.74. The minimum Gasteiger partial charge on any atom is -0.352 e. The van der Waals surface area contributed by atoms with Gasteiger partial charge in [0.25, 0.3) is 5.91 Å². The average molecular weight is 488 g/mol. The van der Waals surface area contributed by atoms with Crippen LogP contribution >= 0.6 is 23.4 Å². The van der Waals surface area contributed by atoms with Crippen molar-refractivity contribution in [3.63, 3.8) is 0 Å². The van der Waals surface area contributed by atoms with E-state index in [4.69, 9.17) is 23.4 Å². The van der Waals surface area contributed by atoms with Crippen molar-refractivity contribution in [2.45, 2.75) is 27.3 Å². The zero-order valence-electron chi connectivity index (χ0n) is 19.1. The highest BCUT2D eigenvalue weighted by Gasteiger charge is 2.33. The summed E-state index contributed by atoms with van der Waals surface area (Å²) < 4.78 is 1.58. The van der Waals surface area contributed by atoms with Gasteiger partial charge in [-0.3, -0.25) is 14.6 Å². The molecule has 0 aliphatic carbocycles. The van der Waals surface area contributed by atoms with Gasteiger partial charge in [0, 0.05) is 46.9 Å². The fourth-order valence-corrected chi connectivity index (χ4v) is 4.26. The number of hydrazine groups is 1. The smallest absolute Gasteiger partial charge is 0.258 e. The molecule has 174 valence electrons. The normalized spacial score (nSPS) is 16.2. The number of rotatable bonds is 3. The number of fused-ring (bicyclic) bond motifs is 1. The molecule has 4 rings (SSSR count). The third-order valence-electron chi connectivity index (χ3n) is 5.77. The third-order valence-corrected chi connectivity index (χ3v) is 6.47. The topological polar surface area (TPSA) is 67.9 Å². The summed E-state index contributed by atoms with van der Waals surface area (Å²) in [7, 11) is 1.87. The Balaban J connectivity index is 1.60. The van der Waals surface area contributed by atoms with Gasteiger partial charge in [0.05, 0.1) is 24.5 Å². The van der Waals surface area contributed by atoms with Crippen LogP contribution in [0.4, 0.5) is 11.4 Å². The Morgan fingerprint density at radius 1 is 1.12 bits per heavy atom. The molecule has 2 amide bonds. The monoisotopic (exact) mass is 487 g/mol. The van der Waals surface area contributed by atoms with E-state index in [1.54, 1.807) is 27.6 Å². The molecule has 0 radical (unpaired) electrons. The number of anilines is 2. The van der Waals surface area contributed by atoms with Crippen LogP contribution in [0, 0.1) is 5.41 Å². The van der Waals surface area contributed by atoms with Crippen molar-refractivity contribution < 1.29 is 9.59 Å². The molecule has 33 heavy (non-hydrogen) atoms. The molecule has 2 aliphatic rings. The molecule has 0 bridgehead atoms. The van der Waals surface area contributed by atoms with Gasteiger partial charge in [-0.1, -0.05) is 50.6 Å². The molecule has 0 saturated carbocycles. The maximum Gasteiger partial charge on any atom is 0.258 e. The molecule has 0 unspecified atom stereocenters. The van der Waals surface area contributed by atoms with Gasteiger partial charge >= 0.3 is 0 Å². The van der Waals surface area contributed by atoms with Crippen LogP contribution in [0.2, 0.25) is 5.02 Å². The van der Waals surface area contributed by atoms with Crippen LogP contribution in [0.25, 0.3) is 0 Å². The number of carbonyl (C=O) groups is 2. The molecular formula is C24H27Cl2N5O2. The van der Waals surface area contributed by atoms with Crippen LogP contribution in [0.5, 0.6) is 0 Å². The SMILES string of the molecule is CN1C2=C(CN(C(=O)c3ccc(CNC(=O)C(C)(C)C)c(Cl)c3)c3ccccc3N2)CN1Cl. The molecule has 2 aliphatic heterocycles. The van der Waals surface area contributed by atoms with E-state index in [1.165, 1.54) is 0 Å². The number of nitrogens with one attached hydrogen (secondary N) is 2. The van der Waals surface area contributed by atoms with Crippen molar-refractivity contribution >= 4 is 46.6 Å². The highest BCUT2D eigenvalue weighted by atomic mass is 35.5. The van der Waals surface area contributed by atoms with E-state index in [2.05, 4.69) is 10.6 Å². The van der Waals surface area contributed by atoms with Crippen LogP contribution < -0.4 is 15.5 Å². The van der Waals surface area contributed by atoms with Gasteiger partial charge in [-0.05, 0) is 29.8 Å². The van der Waals surface area contributed by atoms with Crippen molar-refractivity contribution in [3.8, 4) is 0 Å². The summed E-state index contributed by atoms with van der Waals surface area (Å²) in [4.78, 5) is 27.5. The Morgan fingerprint density at radius 2 is 1.85 bits per heavy atom. The maximum absolute atomic E-state index is 13.6. The highest BCUT2D eigenvalue weighted by Crippen LogP contribution is 2.36. The zero-order chi connectivity index (χ0) is 23.9. The summed E-state index contributed by atoms with van der Waals surface area (Å²) in [6.45, 7) is 6.76. The van der Waals surface area contributed by atoms with Crippen LogP contribution in [0.3, 0.4) is 0 Å². The van der Waals surface area contributed by atoms with Crippen LogP contribution in [-0.4, -0.2) is 41.5 Å². The number of nitrogens with zero attached hydrogens (tertiary/aromatic N) is 3. The van der Waals surface area contributed by atoms with Crippen LogP contribution in [0.1, 0.15) is 36.7 Å². The van der Waals surface area contributed by atoms with E-state index in [0.717, 1.165) is 28.3 Å². The summed E-state index contributed by atoms with van der Waals surface area (Å²) in [6, 6.07) is 12.9. The first-order valence-electron chi connectivity index (χ1n) is 10.7. The predicted octanol–water partition coefficient (Wildman–Crippen LogP) is 4.60.